The van der Waals surface area contributed by atoms with E-state index in [-0.39, 0.29) is 24.3 Å². The molecule has 114 valence electrons. The molecular formula is C15H26N2O3. The first kappa shape index (κ1) is 15.3. The van der Waals surface area contributed by atoms with Crippen molar-refractivity contribution < 1.29 is 14.7 Å². The molecule has 2 aliphatic rings. The number of carbonyl (C=O) groups is 2. The van der Waals surface area contributed by atoms with E-state index in [1.54, 1.807) is 6.92 Å². The van der Waals surface area contributed by atoms with Crippen molar-refractivity contribution in [2.45, 2.75) is 51.6 Å². The van der Waals surface area contributed by atoms with Crippen molar-refractivity contribution in [1.29, 1.82) is 0 Å². The van der Waals surface area contributed by atoms with Gasteiger partial charge in [-0.2, -0.15) is 0 Å². The molecule has 2 amide bonds. The molecule has 1 saturated carbocycles. The Labute approximate surface area is 120 Å². The van der Waals surface area contributed by atoms with E-state index >= 15 is 0 Å². The minimum atomic E-state index is -0.860. The molecule has 0 radical (unpaired) electrons. The summed E-state index contributed by atoms with van der Waals surface area (Å²) in [6.45, 7) is 5.35. The maximum Gasteiger partial charge on any atom is 0.225 e. The summed E-state index contributed by atoms with van der Waals surface area (Å²) in [6, 6.07) is 0. The highest BCUT2D eigenvalue weighted by Crippen LogP contribution is 2.32. The monoisotopic (exact) mass is 282 g/mol. The van der Waals surface area contributed by atoms with Crippen molar-refractivity contribution in [3.63, 3.8) is 0 Å². The second-order valence-electron chi connectivity index (χ2n) is 6.61. The largest absolute Gasteiger partial charge is 0.388 e. The standard InChI is InChI=1S/C15H26N2O3/c1-3-6-15(2,20)10-16-14(19)12-7-13(18)17(9-12)8-11-4-5-11/h11-12,20H,3-10H2,1-2H3,(H,16,19). The quantitative estimate of drug-likeness (QED) is 0.729. The molecule has 1 saturated heterocycles. The molecule has 0 spiro atoms. The summed E-state index contributed by atoms with van der Waals surface area (Å²) in [4.78, 5) is 25.8. The lowest BCUT2D eigenvalue weighted by Gasteiger charge is -2.24. The van der Waals surface area contributed by atoms with Crippen LogP contribution >= 0.6 is 0 Å². The molecule has 5 heteroatoms. The molecule has 2 fully saturated rings. The third-order valence-electron chi connectivity index (χ3n) is 4.19. The first-order valence-electron chi connectivity index (χ1n) is 7.69. The summed E-state index contributed by atoms with van der Waals surface area (Å²) in [5, 5.41) is 12.8. The molecule has 2 unspecified atom stereocenters. The van der Waals surface area contributed by atoms with Crippen LogP contribution in [0.2, 0.25) is 0 Å². The van der Waals surface area contributed by atoms with Crippen molar-refractivity contribution in [2.24, 2.45) is 11.8 Å². The van der Waals surface area contributed by atoms with Crippen LogP contribution in [-0.2, 0) is 9.59 Å². The number of amides is 2. The zero-order valence-corrected chi connectivity index (χ0v) is 12.5. The lowest BCUT2D eigenvalue weighted by Crippen LogP contribution is -2.43. The van der Waals surface area contributed by atoms with E-state index in [2.05, 4.69) is 5.32 Å². The van der Waals surface area contributed by atoms with Gasteiger partial charge in [0.1, 0.15) is 0 Å². The van der Waals surface area contributed by atoms with Crippen LogP contribution in [0, 0.1) is 11.8 Å². The predicted octanol–water partition coefficient (Wildman–Crippen LogP) is 0.912. The summed E-state index contributed by atoms with van der Waals surface area (Å²) < 4.78 is 0. The van der Waals surface area contributed by atoms with E-state index in [0.717, 1.165) is 13.0 Å². The Hall–Kier alpha value is -1.10. The second-order valence-corrected chi connectivity index (χ2v) is 6.61. The van der Waals surface area contributed by atoms with Crippen LogP contribution in [0.4, 0.5) is 0 Å². The van der Waals surface area contributed by atoms with Gasteiger partial charge >= 0.3 is 0 Å². The van der Waals surface area contributed by atoms with Gasteiger partial charge in [0.15, 0.2) is 0 Å². The Morgan fingerprint density at radius 1 is 1.50 bits per heavy atom. The van der Waals surface area contributed by atoms with Crippen LogP contribution in [0.5, 0.6) is 0 Å². The van der Waals surface area contributed by atoms with Crippen molar-refractivity contribution >= 4 is 11.8 Å². The van der Waals surface area contributed by atoms with E-state index in [9.17, 15) is 14.7 Å². The van der Waals surface area contributed by atoms with Crippen LogP contribution in [-0.4, -0.2) is 47.1 Å². The Balaban J connectivity index is 1.76. The molecule has 2 N–H and O–H groups in total. The highest BCUT2D eigenvalue weighted by molar-refractivity contribution is 5.89. The van der Waals surface area contributed by atoms with Crippen LogP contribution in [0.15, 0.2) is 0 Å². The lowest BCUT2D eigenvalue weighted by molar-refractivity contribution is -0.129. The van der Waals surface area contributed by atoms with E-state index in [1.807, 2.05) is 11.8 Å². The molecule has 0 aromatic rings. The number of likely N-dealkylation sites (tertiary alicyclic amines) is 1. The molecule has 0 aromatic carbocycles. The lowest BCUT2D eigenvalue weighted by atomic mass is 10.00. The fraction of sp³-hybridized carbons (Fsp3) is 0.867. The molecular weight excluding hydrogens is 256 g/mol. The van der Waals surface area contributed by atoms with Gasteiger partial charge < -0.3 is 15.3 Å². The van der Waals surface area contributed by atoms with Crippen LogP contribution in [0.25, 0.3) is 0 Å². The summed E-state index contributed by atoms with van der Waals surface area (Å²) in [5.74, 6) is 0.398. The first-order chi connectivity index (χ1) is 9.41. The van der Waals surface area contributed by atoms with Gasteiger partial charge in [-0.3, -0.25) is 9.59 Å². The topological polar surface area (TPSA) is 69.6 Å². The fourth-order valence-electron chi connectivity index (χ4n) is 2.79. The van der Waals surface area contributed by atoms with Crippen molar-refractivity contribution in [2.75, 3.05) is 19.6 Å². The SMILES string of the molecule is CCCC(C)(O)CNC(=O)C1CC(=O)N(CC2CC2)C1. The van der Waals surface area contributed by atoms with Crippen molar-refractivity contribution in [3.05, 3.63) is 0 Å². The Morgan fingerprint density at radius 3 is 2.80 bits per heavy atom. The number of aliphatic hydroxyl groups is 1. The van der Waals surface area contributed by atoms with Gasteiger partial charge in [0.2, 0.25) is 11.8 Å². The third kappa shape index (κ3) is 4.20. The highest BCUT2D eigenvalue weighted by Gasteiger charge is 2.37. The fourth-order valence-corrected chi connectivity index (χ4v) is 2.79. The average Bonchev–Trinajstić information content (AvgIpc) is 3.10. The van der Waals surface area contributed by atoms with E-state index in [1.165, 1.54) is 12.8 Å². The molecule has 0 bridgehead atoms. The molecule has 2 rings (SSSR count). The zero-order chi connectivity index (χ0) is 14.8. The van der Waals surface area contributed by atoms with E-state index in [4.69, 9.17) is 0 Å². The minimum absolute atomic E-state index is 0.0948. The number of nitrogens with zero attached hydrogens (tertiary/aromatic N) is 1. The zero-order valence-electron chi connectivity index (χ0n) is 12.5. The molecule has 5 nitrogen and oxygen atoms in total. The summed E-state index contributed by atoms with van der Waals surface area (Å²) in [5.41, 5.74) is -0.860. The van der Waals surface area contributed by atoms with E-state index in [0.29, 0.717) is 25.3 Å². The summed E-state index contributed by atoms with van der Waals surface area (Å²) in [6.07, 6.45) is 4.26. The minimum Gasteiger partial charge on any atom is -0.388 e. The first-order valence-corrected chi connectivity index (χ1v) is 7.69. The van der Waals surface area contributed by atoms with Crippen LogP contribution in [0.1, 0.15) is 46.0 Å². The number of hydrogen-bond donors (Lipinski definition) is 2. The summed E-state index contributed by atoms with van der Waals surface area (Å²) >= 11 is 0. The van der Waals surface area contributed by atoms with E-state index < -0.39 is 5.60 Å². The Bertz CT molecular complexity index is 377. The molecule has 20 heavy (non-hydrogen) atoms. The maximum absolute atomic E-state index is 12.1. The van der Waals surface area contributed by atoms with Gasteiger partial charge in [-0.25, -0.2) is 0 Å². The van der Waals surface area contributed by atoms with Crippen LogP contribution < -0.4 is 5.32 Å². The van der Waals surface area contributed by atoms with Gasteiger partial charge in [-0.05, 0) is 32.1 Å². The molecule has 1 heterocycles. The molecule has 1 aliphatic heterocycles. The predicted molar refractivity (Wildman–Crippen MR) is 76.0 cm³/mol. The molecule has 2 atom stereocenters. The number of rotatable bonds is 7. The van der Waals surface area contributed by atoms with Crippen molar-refractivity contribution in [1.82, 2.24) is 10.2 Å². The second kappa shape index (κ2) is 6.12. The highest BCUT2D eigenvalue weighted by atomic mass is 16.3. The third-order valence-corrected chi connectivity index (χ3v) is 4.19. The van der Waals surface area contributed by atoms with Gasteiger partial charge in [0.25, 0.3) is 0 Å². The molecule has 0 aromatic heterocycles. The number of hydrogen-bond acceptors (Lipinski definition) is 3. The molecule has 1 aliphatic carbocycles. The number of nitrogens with one attached hydrogen (secondary N) is 1. The Kier molecular flexibility index (Phi) is 4.68. The number of carbonyl (C=O) groups excluding carboxylic acids is 2. The Morgan fingerprint density at radius 2 is 2.20 bits per heavy atom. The maximum atomic E-state index is 12.1. The van der Waals surface area contributed by atoms with Crippen molar-refractivity contribution in [3.8, 4) is 0 Å². The van der Waals surface area contributed by atoms with Gasteiger partial charge in [-0.1, -0.05) is 13.3 Å². The van der Waals surface area contributed by atoms with Gasteiger partial charge in [0, 0.05) is 26.1 Å². The van der Waals surface area contributed by atoms with Gasteiger partial charge in [0.05, 0.1) is 11.5 Å². The van der Waals surface area contributed by atoms with Crippen LogP contribution in [0.3, 0.4) is 0 Å². The summed E-state index contributed by atoms with van der Waals surface area (Å²) in [7, 11) is 0. The van der Waals surface area contributed by atoms with Gasteiger partial charge in [-0.15, -0.1) is 0 Å². The smallest absolute Gasteiger partial charge is 0.225 e. The average molecular weight is 282 g/mol. The normalized spacial score (nSPS) is 25.6.